The van der Waals surface area contributed by atoms with Gasteiger partial charge in [0, 0.05) is 0 Å². The molecule has 3 heteroatoms. The maximum absolute atomic E-state index is 13.4. The molecule has 0 aromatic heterocycles. The first-order valence-corrected chi connectivity index (χ1v) is 6.06. The van der Waals surface area contributed by atoms with E-state index in [1.54, 1.807) is 12.1 Å². The van der Waals surface area contributed by atoms with Crippen LogP contribution in [0.25, 0.3) is 0 Å². The third kappa shape index (κ3) is 2.76. The second kappa shape index (κ2) is 5.18. The normalized spacial score (nSPS) is 24.1. The fourth-order valence-corrected chi connectivity index (χ4v) is 2.24. The molecule has 0 bridgehead atoms. The van der Waals surface area contributed by atoms with Gasteiger partial charge in [0.2, 0.25) is 0 Å². The van der Waals surface area contributed by atoms with Crippen molar-refractivity contribution in [2.45, 2.75) is 38.7 Å². The van der Waals surface area contributed by atoms with E-state index in [2.05, 4.69) is 6.92 Å². The van der Waals surface area contributed by atoms with Crippen molar-refractivity contribution in [1.29, 1.82) is 5.26 Å². The van der Waals surface area contributed by atoms with Crippen molar-refractivity contribution in [3.63, 3.8) is 0 Å². The van der Waals surface area contributed by atoms with E-state index in [0.717, 1.165) is 31.6 Å². The van der Waals surface area contributed by atoms with E-state index >= 15 is 0 Å². The number of rotatable bonds is 2. The molecule has 0 saturated heterocycles. The zero-order chi connectivity index (χ0) is 12.3. The van der Waals surface area contributed by atoms with Gasteiger partial charge in [0.15, 0.2) is 0 Å². The fraction of sp³-hybridized carbons (Fsp3) is 0.500. The molecule has 2 rings (SSSR count). The van der Waals surface area contributed by atoms with E-state index in [1.165, 1.54) is 6.07 Å². The zero-order valence-corrected chi connectivity index (χ0v) is 9.95. The van der Waals surface area contributed by atoms with E-state index in [0.29, 0.717) is 5.75 Å². The Labute approximate surface area is 101 Å². The van der Waals surface area contributed by atoms with E-state index in [9.17, 15) is 4.39 Å². The number of benzene rings is 1. The van der Waals surface area contributed by atoms with Crippen LogP contribution in [0.1, 0.15) is 38.2 Å². The SMILES string of the molecule is CC1CCC(Oc2cccc(F)c2C#N)CC1. The molecule has 90 valence electrons. The van der Waals surface area contributed by atoms with Crippen molar-refractivity contribution in [2.75, 3.05) is 0 Å². The summed E-state index contributed by atoms with van der Waals surface area (Å²) in [7, 11) is 0. The monoisotopic (exact) mass is 233 g/mol. The second-order valence-corrected chi connectivity index (χ2v) is 4.72. The lowest BCUT2D eigenvalue weighted by Crippen LogP contribution is -2.23. The van der Waals surface area contributed by atoms with Crippen LogP contribution in [0.4, 0.5) is 4.39 Å². The Morgan fingerprint density at radius 1 is 1.29 bits per heavy atom. The minimum absolute atomic E-state index is 0.0196. The van der Waals surface area contributed by atoms with Gasteiger partial charge >= 0.3 is 0 Å². The lowest BCUT2D eigenvalue weighted by molar-refractivity contribution is 0.134. The zero-order valence-electron chi connectivity index (χ0n) is 9.95. The molecule has 0 unspecified atom stereocenters. The summed E-state index contributed by atoms with van der Waals surface area (Å²) in [6, 6.07) is 6.39. The molecule has 2 nitrogen and oxygen atoms in total. The van der Waals surface area contributed by atoms with Gasteiger partial charge < -0.3 is 4.74 Å². The minimum atomic E-state index is -0.505. The van der Waals surface area contributed by atoms with Gasteiger partial charge in [-0.05, 0) is 43.7 Å². The van der Waals surface area contributed by atoms with Gasteiger partial charge in [0.05, 0.1) is 6.10 Å². The molecule has 0 spiro atoms. The maximum Gasteiger partial charge on any atom is 0.144 e. The molecule has 1 aromatic rings. The Bertz CT molecular complexity index is 430. The van der Waals surface area contributed by atoms with Gasteiger partial charge in [-0.15, -0.1) is 0 Å². The van der Waals surface area contributed by atoms with Crippen molar-refractivity contribution in [3.05, 3.63) is 29.6 Å². The van der Waals surface area contributed by atoms with Crippen molar-refractivity contribution >= 4 is 0 Å². The van der Waals surface area contributed by atoms with E-state index in [-0.39, 0.29) is 11.7 Å². The second-order valence-electron chi connectivity index (χ2n) is 4.72. The minimum Gasteiger partial charge on any atom is -0.489 e. The lowest BCUT2D eigenvalue weighted by atomic mass is 9.89. The highest BCUT2D eigenvalue weighted by atomic mass is 19.1. The molecular formula is C14H16FNO. The molecule has 1 aliphatic carbocycles. The highest BCUT2D eigenvalue weighted by Crippen LogP contribution is 2.29. The summed E-state index contributed by atoms with van der Waals surface area (Å²) in [6.07, 6.45) is 4.38. The van der Waals surface area contributed by atoms with Crippen molar-refractivity contribution < 1.29 is 9.13 Å². The van der Waals surface area contributed by atoms with Gasteiger partial charge in [0.25, 0.3) is 0 Å². The molecule has 0 radical (unpaired) electrons. The van der Waals surface area contributed by atoms with Crippen LogP contribution in [-0.2, 0) is 0 Å². The third-order valence-electron chi connectivity index (χ3n) is 3.34. The molecule has 1 saturated carbocycles. The highest BCUT2D eigenvalue weighted by Gasteiger charge is 2.21. The van der Waals surface area contributed by atoms with Gasteiger partial charge in [-0.1, -0.05) is 13.0 Å². The number of halogens is 1. The molecule has 0 atom stereocenters. The lowest BCUT2D eigenvalue weighted by Gasteiger charge is -2.27. The summed E-state index contributed by atoms with van der Waals surface area (Å²) >= 11 is 0. The molecule has 1 fully saturated rings. The van der Waals surface area contributed by atoms with Crippen LogP contribution < -0.4 is 4.74 Å². The van der Waals surface area contributed by atoms with Crippen LogP contribution in [0.5, 0.6) is 5.75 Å². The molecule has 1 aromatic carbocycles. The van der Waals surface area contributed by atoms with Crippen molar-refractivity contribution in [1.82, 2.24) is 0 Å². The first-order chi connectivity index (χ1) is 8.20. The van der Waals surface area contributed by atoms with Crippen LogP contribution in [0.3, 0.4) is 0 Å². The Hall–Kier alpha value is -1.56. The van der Waals surface area contributed by atoms with Crippen LogP contribution in [0.15, 0.2) is 18.2 Å². The van der Waals surface area contributed by atoms with Crippen LogP contribution in [0.2, 0.25) is 0 Å². The fourth-order valence-electron chi connectivity index (χ4n) is 2.24. The van der Waals surface area contributed by atoms with E-state index in [4.69, 9.17) is 10.00 Å². The largest absolute Gasteiger partial charge is 0.489 e. The highest BCUT2D eigenvalue weighted by molar-refractivity contribution is 5.43. The number of nitrogens with zero attached hydrogens (tertiary/aromatic N) is 1. The average molecular weight is 233 g/mol. The molecule has 1 aliphatic rings. The maximum atomic E-state index is 13.4. The Morgan fingerprint density at radius 2 is 2.00 bits per heavy atom. The molecule has 0 heterocycles. The summed E-state index contributed by atoms with van der Waals surface area (Å²) in [4.78, 5) is 0. The van der Waals surface area contributed by atoms with Crippen LogP contribution in [-0.4, -0.2) is 6.10 Å². The van der Waals surface area contributed by atoms with Gasteiger partial charge in [-0.2, -0.15) is 5.26 Å². The number of ether oxygens (including phenoxy) is 1. The van der Waals surface area contributed by atoms with E-state index < -0.39 is 5.82 Å². The number of nitriles is 1. The molecule has 0 amide bonds. The smallest absolute Gasteiger partial charge is 0.144 e. The van der Waals surface area contributed by atoms with E-state index in [1.807, 2.05) is 6.07 Å². The van der Waals surface area contributed by atoms with Crippen LogP contribution >= 0.6 is 0 Å². The number of hydrogen-bond donors (Lipinski definition) is 0. The standard InChI is InChI=1S/C14H16FNO/c1-10-5-7-11(8-6-10)17-14-4-2-3-13(15)12(14)9-16/h2-4,10-11H,5-8H2,1H3. The van der Waals surface area contributed by atoms with Gasteiger partial charge in [-0.25, -0.2) is 4.39 Å². The summed E-state index contributed by atoms with van der Waals surface area (Å²) in [5, 5.41) is 8.90. The van der Waals surface area contributed by atoms with Crippen LogP contribution in [0, 0.1) is 23.1 Å². The summed E-state index contributed by atoms with van der Waals surface area (Å²) in [5.74, 6) is 0.624. The predicted molar refractivity (Wildman–Crippen MR) is 63.2 cm³/mol. The van der Waals surface area contributed by atoms with Crippen molar-refractivity contribution in [2.24, 2.45) is 5.92 Å². The van der Waals surface area contributed by atoms with Gasteiger partial charge in [0.1, 0.15) is 23.2 Å². The Balaban J connectivity index is 2.09. The Kier molecular flexibility index (Phi) is 3.63. The summed E-state index contributed by atoms with van der Waals surface area (Å²) in [5.41, 5.74) is 0.0196. The average Bonchev–Trinajstić information content (AvgIpc) is 2.32. The first kappa shape index (κ1) is 11.9. The van der Waals surface area contributed by atoms with Gasteiger partial charge in [-0.3, -0.25) is 0 Å². The topological polar surface area (TPSA) is 33.0 Å². The summed E-state index contributed by atoms with van der Waals surface area (Å²) in [6.45, 7) is 2.24. The molecular weight excluding hydrogens is 217 g/mol. The predicted octanol–water partition coefficient (Wildman–Crippen LogP) is 3.65. The molecule has 0 aliphatic heterocycles. The summed E-state index contributed by atoms with van der Waals surface area (Å²) < 4.78 is 19.1. The third-order valence-corrected chi connectivity index (χ3v) is 3.34. The van der Waals surface area contributed by atoms with Crippen molar-refractivity contribution in [3.8, 4) is 11.8 Å². The quantitative estimate of drug-likeness (QED) is 0.781. The molecule has 17 heavy (non-hydrogen) atoms. The molecule has 0 N–H and O–H groups in total. The first-order valence-electron chi connectivity index (χ1n) is 6.06. The Morgan fingerprint density at radius 3 is 2.65 bits per heavy atom. The number of hydrogen-bond acceptors (Lipinski definition) is 2.